The number of benzene rings is 2. The smallest absolute Gasteiger partial charge is 0.230 e. The van der Waals surface area contributed by atoms with Gasteiger partial charge in [-0.25, -0.2) is 28.7 Å². The van der Waals surface area contributed by atoms with E-state index in [1.54, 1.807) is 39.9 Å². The van der Waals surface area contributed by atoms with E-state index in [4.69, 9.17) is 0 Å². The van der Waals surface area contributed by atoms with Gasteiger partial charge in [-0.1, -0.05) is 0 Å². The number of rotatable bonds is 5. The number of halogens is 2. The van der Waals surface area contributed by atoms with Gasteiger partial charge in [0.2, 0.25) is 11.9 Å². The van der Waals surface area contributed by atoms with E-state index in [1.165, 1.54) is 36.9 Å². The van der Waals surface area contributed by atoms with Crippen LogP contribution in [0.4, 0.5) is 14.7 Å². The second kappa shape index (κ2) is 9.34. The van der Waals surface area contributed by atoms with E-state index in [-0.39, 0.29) is 24.0 Å². The zero-order chi connectivity index (χ0) is 23.5. The number of nitrogens with zero attached hydrogens (tertiary/aromatic N) is 7. The number of aromatic nitrogens is 5. The van der Waals surface area contributed by atoms with Gasteiger partial charge in [-0.2, -0.15) is 0 Å². The van der Waals surface area contributed by atoms with Crippen molar-refractivity contribution in [2.45, 2.75) is 6.42 Å². The summed E-state index contributed by atoms with van der Waals surface area (Å²) in [6.07, 6.45) is 4.76. The number of hydrogen-bond donors (Lipinski definition) is 0. The van der Waals surface area contributed by atoms with Crippen molar-refractivity contribution in [3.63, 3.8) is 0 Å². The number of carbonyl (C=O) groups excluding carboxylic acids is 1. The van der Waals surface area contributed by atoms with Crippen molar-refractivity contribution in [2.75, 3.05) is 31.1 Å². The molecule has 0 N–H and O–H groups in total. The molecule has 0 unspecified atom stereocenters. The minimum Gasteiger partial charge on any atom is -0.339 e. The van der Waals surface area contributed by atoms with Gasteiger partial charge in [0.1, 0.15) is 30.1 Å². The molecule has 1 aliphatic heterocycles. The Morgan fingerprint density at radius 3 is 2.12 bits per heavy atom. The van der Waals surface area contributed by atoms with Crippen LogP contribution in [0.3, 0.4) is 0 Å². The second-order valence-electron chi connectivity index (χ2n) is 7.88. The van der Waals surface area contributed by atoms with Crippen molar-refractivity contribution in [3.8, 4) is 16.9 Å². The maximum absolute atomic E-state index is 13.5. The van der Waals surface area contributed by atoms with Gasteiger partial charge in [0.15, 0.2) is 0 Å². The molecule has 8 nitrogen and oxygen atoms in total. The molecule has 0 spiro atoms. The Kier molecular flexibility index (Phi) is 5.94. The minimum atomic E-state index is -0.351. The van der Waals surface area contributed by atoms with E-state index >= 15 is 0 Å². The Hall–Kier alpha value is -4.21. The van der Waals surface area contributed by atoms with Gasteiger partial charge in [0, 0.05) is 43.6 Å². The van der Waals surface area contributed by atoms with Gasteiger partial charge in [0.25, 0.3) is 0 Å². The summed E-state index contributed by atoms with van der Waals surface area (Å²) in [5.41, 5.74) is 2.01. The molecule has 0 bridgehead atoms. The summed E-state index contributed by atoms with van der Waals surface area (Å²) in [6.45, 7) is 2.30. The lowest BCUT2D eigenvalue weighted by Gasteiger charge is -2.34. The molecule has 0 saturated carbocycles. The molecule has 1 saturated heterocycles. The summed E-state index contributed by atoms with van der Waals surface area (Å²) in [6, 6.07) is 12.0. The van der Waals surface area contributed by atoms with Gasteiger partial charge in [0.05, 0.1) is 12.1 Å². The molecular formula is C24H21F2N7O. The van der Waals surface area contributed by atoms with Gasteiger partial charge in [-0.3, -0.25) is 4.79 Å². The van der Waals surface area contributed by atoms with E-state index in [2.05, 4.69) is 19.9 Å². The first-order valence-corrected chi connectivity index (χ1v) is 10.8. The van der Waals surface area contributed by atoms with E-state index in [1.807, 2.05) is 4.90 Å². The second-order valence-corrected chi connectivity index (χ2v) is 7.88. The van der Waals surface area contributed by atoms with Crippen LogP contribution >= 0.6 is 0 Å². The average molecular weight is 461 g/mol. The lowest BCUT2D eigenvalue weighted by Crippen LogP contribution is -2.49. The largest absolute Gasteiger partial charge is 0.339 e. The summed E-state index contributed by atoms with van der Waals surface area (Å²) >= 11 is 0. The van der Waals surface area contributed by atoms with Crippen LogP contribution in [0, 0.1) is 11.6 Å². The van der Waals surface area contributed by atoms with E-state index in [0.717, 1.165) is 5.56 Å². The highest BCUT2D eigenvalue weighted by molar-refractivity contribution is 5.79. The van der Waals surface area contributed by atoms with Crippen LogP contribution in [0.15, 0.2) is 67.4 Å². The van der Waals surface area contributed by atoms with Gasteiger partial charge < -0.3 is 14.4 Å². The highest BCUT2D eigenvalue weighted by atomic mass is 19.1. The summed E-state index contributed by atoms with van der Waals surface area (Å²) in [4.78, 5) is 33.8. The topological polar surface area (TPSA) is 80.0 Å². The van der Waals surface area contributed by atoms with Crippen LogP contribution in [0.2, 0.25) is 0 Å². The Bertz CT molecular complexity index is 1270. The molecule has 1 aliphatic rings. The molecule has 2 aromatic carbocycles. The van der Waals surface area contributed by atoms with E-state index < -0.39 is 0 Å². The van der Waals surface area contributed by atoms with Crippen molar-refractivity contribution in [2.24, 2.45) is 0 Å². The Balaban J connectivity index is 1.36. The van der Waals surface area contributed by atoms with Crippen molar-refractivity contribution in [1.82, 2.24) is 29.4 Å². The van der Waals surface area contributed by atoms with Crippen molar-refractivity contribution >= 4 is 11.9 Å². The molecular weight excluding hydrogens is 440 g/mol. The lowest BCUT2D eigenvalue weighted by atomic mass is 10.2. The number of piperazine rings is 1. The Labute approximate surface area is 194 Å². The predicted octanol–water partition coefficient (Wildman–Crippen LogP) is 2.89. The average Bonchev–Trinajstić information content (AvgIpc) is 3.29. The van der Waals surface area contributed by atoms with E-state index in [0.29, 0.717) is 49.3 Å². The number of anilines is 1. The number of carbonyl (C=O) groups is 1. The quantitative estimate of drug-likeness (QED) is 0.455. The number of amides is 1. The van der Waals surface area contributed by atoms with Gasteiger partial charge in [-0.15, -0.1) is 0 Å². The fourth-order valence-electron chi connectivity index (χ4n) is 3.93. The third kappa shape index (κ3) is 4.61. The molecule has 0 atom stereocenters. The van der Waals surface area contributed by atoms with Crippen LogP contribution in [-0.4, -0.2) is 61.5 Å². The Morgan fingerprint density at radius 2 is 1.47 bits per heavy atom. The normalized spacial score (nSPS) is 13.8. The molecule has 5 rings (SSSR count). The summed E-state index contributed by atoms with van der Waals surface area (Å²) in [7, 11) is 0. The molecule has 4 aromatic rings. The zero-order valence-electron chi connectivity index (χ0n) is 18.2. The minimum absolute atomic E-state index is 0.0603. The molecule has 1 amide bonds. The molecule has 172 valence electrons. The summed E-state index contributed by atoms with van der Waals surface area (Å²) in [5, 5.41) is 0. The molecule has 3 heterocycles. The monoisotopic (exact) mass is 461 g/mol. The predicted molar refractivity (Wildman–Crippen MR) is 121 cm³/mol. The lowest BCUT2D eigenvalue weighted by molar-refractivity contribution is -0.130. The maximum atomic E-state index is 13.5. The molecule has 2 aromatic heterocycles. The standard InChI is InChI=1S/C24H21F2N7O/c25-18-3-1-17(2-4-18)21-14-33(20-7-5-19(26)6-8-20)22(30-21)13-23(34)31-9-11-32(12-10-31)24-28-15-27-16-29-24/h1-8,14-16H,9-13H2. The molecule has 0 aliphatic carbocycles. The zero-order valence-corrected chi connectivity index (χ0v) is 18.2. The van der Waals surface area contributed by atoms with Crippen molar-refractivity contribution in [3.05, 3.63) is 84.8 Å². The first-order chi connectivity index (χ1) is 16.6. The van der Waals surface area contributed by atoms with Gasteiger partial charge >= 0.3 is 0 Å². The fraction of sp³-hybridized carbons (Fsp3) is 0.208. The first kappa shape index (κ1) is 21.6. The Morgan fingerprint density at radius 1 is 0.853 bits per heavy atom. The van der Waals surface area contributed by atoms with Crippen molar-refractivity contribution in [1.29, 1.82) is 0 Å². The maximum Gasteiger partial charge on any atom is 0.230 e. The fourth-order valence-corrected chi connectivity index (χ4v) is 3.93. The third-order valence-corrected chi connectivity index (χ3v) is 5.73. The summed E-state index contributed by atoms with van der Waals surface area (Å²) in [5.74, 6) is 0.369. The molecule has 1 fully saturated rings. The number of hydrogen-bond acceptors (Lipinski definition) is 6. The van der Waals surface area contributed by atoms with Crippen molar-refractivity contribution < 1.29 is 13.6 Å². The van der Waals surface area contributed by atoms with Crippen LogP contribution in [0.5, 0.6) is 0 Å². The molecule has 10 heteroatoms. The third-order valence-electron chi connectivity index (χ3n) is 5.73. The molecule has 0 radical (unpaired) electrons. The van der Waals surface area contributed by atoms with E-state index in [9.17, 15) is 13.6 Å². The highest BCUT2D eigenvalue weighted by Crippen LogP contribution is 2.23. The van der Waals surface area contributed by atoms with Crippen LogP contribution in [-0.2, 0) is 11.2 Å². The first-order valence-electron chi connectivity index (χ1n) is 10.8. The van der Waals surface area contributed by atoms with Crippen LogP contribution < -0.4 is 4.90 Å². The summed E-state index contributed by atoms with van der Waals surface area (Å²) < 4.78 is 28.6. The van der Waals surface area contributed by atoms with Gasteiger partial charge in [-0.05, 0) is 48.5 Å². The molecule has 34 heavy (non-hydrogen) atoms. The highest BCUT2D eigenvalue weighted by Gasteiger charge is 2.24. The van der Waals surface area contributed by atoms with Crippen LogP contribution in [0.1, 0.15) is 5.82 Å². The SMILES string of the molecule is O=C(Cc1nc(-c2ccc(F)cc2)cn1-c1ccc(F)cc1)N1CCN(c2ncncn2)CC1. The van der Waals surface area contributed by atoms with Crippen LogP contribution in [0.25, 0.3) is 16.9 Å². The number of imidazole rings is 1.